The molecule has 0 unspecified atom stereocenters. The van der Waals surface area contributed by atoms with E-state index in [0.717, 1.165) is 72.1 Å². The number of benzene rings is 18. The van der Waals surface area contributed by atoms with Crippen molar-refractivity contribution in [3.05, 3.63) is 452 Å². The molecule has 0 radical (unpaired) electrons. The molecule has 24 rings (SSSR count). The average molecular weight is 1660 g/mol. The second-order valence-corrected chi connectivity index (χ2v) is 35.1. The number of aromatic nitrogens is 9. The fourth-order valence-corrected chi connectivity index (χ4v) is 19.7. The summed E-state index contributed by atoms with van der Waals surface area (Å²) in [4.78, 5) is 45.1. The molecule has 3 aliphatic carbocycles. The molecule has 0 N–H and O–H groups in total. The van der Waals surface area contributed by atoms with Gasteiger partial charge in [-0.25, -0.2) is 44.9 Å². The quantitative estimate of drug-likeness (QED) is 0.118. The summed E-state index contributed by atoms with van der Waals surface area (Å²) in [5.74, 6) is 5.99. The Kier molecular flexibility index (Phi) is 19.8. The van der Waals surface area contributed by atoms with Crippen LogP contribution in [0.1, 0.15) is 74.9 Å². The Labute approximate surface area is 751 Å². The first-order chi connectivity index (χ1) is 63.2. The van der Waals surface area contributed by atoms with Gasteiger partial charge in [0.1, 0.15) is 0 Å². The minimum absolute atomic E-state index is 0.0698. The zero-order valence-electron chi connectivity index (χ0n) is 72.4. The molecule has 3 heterocycles. The molecule has 3 aromatic heterocycles. The SMILES string of the molecule is CC1(C)c2ccccc2-c2ccc3c(-c4nc(-c5ccccc5)nc(-c5ccc(-c6ccccc6)cc5)n4)cccc3c21.CC1(C)c2ccccc2-c2ccc3cc(-c4nc(-c5ccccc5)nc(-c5ccc(-c6ccccc6)cc5)n4)ccc3c21.CC1(C)c2ccccc2-c2ccc3ccc(-c4nc(-c5ccccc5)nc(-c5ccc(-c6ccccc6)cc5)n4)cc3c21. The standard InChI is InChI=1S/3C40H29N3/c1-40(2)35-19-10-9-16-31(35)33-25-24-30-32(36(33)40)17-11-18-34(30)39-42-37(28-14-7-4-8-15-28)41-38(43-39)29-22-20-27(21-23-29)26-12-5-3-6-13-26;1-40(2)35-16-10-9-15-32(35)33-24-23-28-19-22-31(25-34(28)36(33)40)39-42-37(29-13-7-4-8-14-29)41-38(43-39)30-20-17-27(18-21-30)26-11-5-3-6-12-26;1-40(2)35-16-10-9-15-33(35)34-24-21-30-25-31(22-23-32(30)36(34)40)39-42-37(28-13-7-4-8-14-28)41-38(43-39)29-19-17-27(18-20-29)26-11-5-3-6-12-26/h3*3-25H,1-2H3. The van der Waals surface area contributed by atoms with Gasteiger partial charge < -0.3 is 0 Å². The lowest BCUT2D eigenvalue weighted by molar-refractivity contribution is 0.666. The van der Waals surface area contributed by atoms with Crippen LogP contribution in [0.3, 0.4) is 0 Å². The van der Waals surface area contributed by atoms with E-state index in [9.17, 15) is 0 Å². The summed E-state index contributed by atoms with van der Waals surface area (Å²) >= 11 is 0. The zero-order chi connectivity index (χ0) is 86.9. The zero-order valence-corrected chi connectivity index (χ0v) is 72.4. The first-order valence-corrected chi connectivity index (χ1v) is 44.1. The fourth-order valence-electron chi connectivity index (χ4n) is 19.7. The third-order valence-electron chi connectivity index (χ3n) is 26.2. The molecule has 3 aliphatic rings. The van der Waals surface area contributed by atoms with Crippen LogP contribution in [0.25, 0.3) is 202 Å². The number of rotatable bonds is 12. The summed E-state index contributed by atoms with van der Waals surface area (Å²) < 4.78 is 0. The highest BCUT2D eigenvalue weighted by atomic mass is 15.1. The Balaban J connectivity index is 0.000000114. The summed E-state index contributed by atoms with van der Waals surface area (Å²) in [6.45, 7) is 14.0. The molecule has 0 bridgehead atoms. The Morgan fingerprint density at radius 3 is 0.760 bits per heavy atom. The van der Waals surface area contributed by atoms with Crippen LogP contribution in [0, 0.1) is 0 Å². The molecule has 9 nitrogen and oxygen atoms in total. The molecule has 18 aromatic carbocycles. The highest BCUT2D eigenvalue weighted by Gasteiger charge is 2.40. The van der Waals surface area contributed by atoms with E-state index in [2.05, 4.69) is 375 Å². The predicted octanol–water partition coefficient (Wildman–Crippen LogP) is 30.0. The summed E-state index contributed by atoms with van der Waals surface area (Å²) in [5, 5.41) is 7.32. The Hall–Kier alpha value is -16.2. The van der Waals surface area contributed by atoms with Gasteiger partial charge in [0.05, 0.1) is 0 Å². The van der Waals surface area contributed by atoms with Crippen molar-refractivity contribution in [2.75, 3.05) is 0 Å². The van der Waals surface area contributed by atoms with Crippen molar-refractivity contribution in [1.82, 2.24) is 44.9 Å². The van der Waals surface area contributed by atoms with Crippen LogP contribution >= 0.6 is 0 Å². The topological polar surface area (TPSA) is 116 Å². The molecule has 9 heteroatoms. The van der Waals surface area contributed by atoms with Crippen LogP contribution in [-0.4, -0.2) is 44.9 Å². The normalized spacial score (nSPS) is 13.1. The van der Waals surface area contributed by atoms with Gasteiger partial charge >= 0.3 is 0 Å². The number of fused-ring (bicyclic) bond motifs is 15. The predicted molar refractivity (Wildman–Crippen MR) is 530 cm³/mol. The van der Waals surface area contributed by atoms with Crippen LogP contribution in [0.5, 0.6) is 0 Å². The van der Waals surface area contributed by atoms with Crippen molar-refractivity contribution < 1.29 is 0 Å². The minimum Gasteiger partial charge on any atom is -0.208 e. The van der Waals surface area contributed by atoms with Crippen molar-refractivity contribution in [3.63, 3.8) is 0 Å². The molecule has 0 atom stereocenters. The molecule has 21 aromatic rings. The van der Waals surface area contributed by atoms with Gasteiger partial charge in [-0.1, -0.05) is 448 Å². The first-order valence-electron chi connectivity index (χ1n) is 44.1. The molecule has 129 heavy (non-hydrogen) atoms. The van der Waals surface area contributed by atoms with E-state index in [-0.39, 0.29) is 16.2 Å². The van der Waals surface area contributed by atoms with E-state index >= 15 is 0 Å². The third-order valence-corrected chi connectivity index (χ3v) is 26.2. The Morgan fingerprint density at radius 2 is 0.380 bits per heavy atom. The maximum Gasteiger partial charge on any atom is 0.164 e. The molecule has 0 amide bonds. The van der Waals surface area contributed by atoms with Crippen LogP contribution in [0.4, 0.5) is 0 Å². The summed E-state index contributed by atoms with van der Waals surface area (Å²) in [7, 11) is 0. The number of nitrogens with zero attached hydrogens (tertiary/aromatic N) is 9. The van der Waals surface area contributed by atoms with Crippen molar-refractivity contribution in [3.8, 4) is 169 Å². The van der Waals surface area contributed by atoms with Gasteiger partial charge in [-0.3, -0.25) is 0 Å². The van der Waals surface area contributed by atoms with Gasteiger partial charge in [-0.05, 0) is 145 Å². The number of hydrogen-bond donors (Lipinski definition) is 0. The largest absolute Gasteiger partial charge is 0.208 e. The molecule has 0 saturated carbocycles. The molecule has 0 aliphatic heterocycles. The van der Waals surface area contributed by atoms with Crippen LogP contribution < -0.4 is 0 Å². The van der Waals surface area contributed by atoms with Crippen LogP contribution in [-0.2, 0) is 16.2 Å². The Bertz CT molecular complexity index is 7810. The lowest BCUT2D eigenvalue weighted by Crippen LogP contribution is -2.15. The van der Waals surface area contributed by atoms with Crippen molar-refractivity contribution in [2.24, 2.45) is 0 Å². The monoisotopic (exact) mass is 1650 g/mol. The second kappa shape index (κ2) is 32.4. The molecular formula is C120H87N9. The molecule has 0 fully saturated rings. The van der Waals surface area contributed by atoms with E-state index < -0.39 is 0 Å². The first kappa shape index (κ1) is 78.7. The van der Waals surface area contributed by atoms with Crippen molar-refractivity contribution >= 4 is 32.3 Å². The highest BCUT2D eigenvalue weighted by molar-refractivity contribution is 6.05. The van der Waals surface area contributed by atoms with Gasteiger partial charge in [-0.15, -0.1) is 0 Å². The molecule has 612 valence electrons. The lowest BCUT2D eigenvalue weighted by atomic mass is 9.80. The summed E-state index contributed by atoms with van der Waals surface area (Å²) in [5.41, 5.74) is 31.6. The van der Waals surface area contributed by atoms with Crippen molar-refractivity contribution in [2.45, 2.75) is 57.8 Å². The molecule has 0 spiro atoms. The van der Waals surface area contributed by atoms with Crippen molar-refractivity contribution in [1.29, 1.82) is 0 Å². The van der Waals surface area contributed by atoms with E-state index in [1.807, 2.05) is 84.9 Å². The minimum atomic E-state index is -0.107. The fraction of sp³-hybridized carbons (Fsp3) is 0.0750. The van der Waals surface area contributed by atoms with E-state index in [0.29, 0.717) is 52.4 Å². The maximum absolute atomic E-state index is 5.10. The number of hydrogen-bond acceptors (Lipinski definition) is 9. The average Bonchev–Trinajstić information content (AvgIpc) is 1.57. The van der Waals surface area contributed by atoms with Crippen LogP contribution in [0.2, 0.25) is 0 Å². The van der Waals surface area contributed by atoms with E-state index in [1.165, 1.54) is 110 Å². The Morgan fingerprint density at radius 1 is 0.140 bits per heavy atom. The highest BCUT2D eigenvalue weighted by Crippen LogP contribution is 2.55. The molecular weight excluding hydrogens is 1570 g/mol. The smallest absolute Gasteiger partial charge is 0.164 e. The van der Waals surface area contributed by atoms with E-state index in [1.54, 1.807) is 0 Å². The van der Waals surface area contributed by atoms with Gasteiger partial charge in [-0.2, -0.15) is 0 Å². The van der Waals surface area contributed by atoms with Gasteiger partial charge in [0.25, 0.3) is 0 Å². The van der Waals surface area contributed by atoms with Gasteiger partial charge in [0.15, 0.2) is 52.4 Å². The lowest BCUT2D eigenvalue weighted by Gasteiger charge is -2.23. The second-order valence-electron chi connectivity index (χ2n) is 35.1. The van der Waals surface area contributed by atoms with Gasteiger partial charge in [0, 0.05) is 66.3 Å². The third kappa shape index (κ3) is 14.4. The van der Waals surface area contributed by atoms with Crippen LogP contribution in [0.15, 0.2) is 419 Å². The molecule has 0 saturated heterocycles. The summed E-state index contributed by atoms with van der Waals surface area (Å²) in [6.07, 6.45) is 0. The summed E-state index contributed by atoms with van der Waals surface area (Å²) in [6, 6.07) is 147. The maximum atomic E-state index is 5.10. The van der Waals surface area contributed by atoms with Gasteiger partial charge in [0.2, 0.25) is 0 Å². The van der Waals surface area contributed by atoms with E-state index in [4.69, 9.17) is 44.9 Å².